The van der Waals surface area contributed by atoms with Gasteiger partial charge in [0, 0.05) is 18.8 Å². The van der Waals surface area contributed by atoms with Gasteiger partial charge < -0.3 is 5.32 Å². The Kier molecular flexibility index (Phi) is 9.15. The van der Waals surface area contributed by atoms with Crippen molar-refractivity contribution in [2.24, 2.45) is 10.1 Å². The van der Waals surface area contributed by atoms with Crippen LogP contribution < -0.4 is 10.8 Å². The molecular formula is C22H31N5O. The van der Waals surface area contributed by atoms with Crippen molar-refractivity contribution in [1.82, 2.24) is 14.9 Å². The first-order valence-corrected chi connectivity index (χ1v) is 9.91. The van der Waals surface area contributed by atoms with E-state index in [-0.39, 0.29) is 6.67 Å². The maximum Gasteiger partial charge on any atom is 0.208 e. The molecule has 0 saturated carbocycles. The number of hydrogen-bond donors (Lipinski definition) is 1. The summed E-state index contributed by atoms with van der Waals surface area (Å²) < 4.78 is 1.69. The molecule has 0 fully saturated rings. The summed E-state index contributed by atoms with van der Waals surface area (Å²) in [6.07, 6.45) is 4.25. The number of carbonyl (C=O) groups is 1. The van der Waals surface area contributed by atoms with Crippen LogP contribution in [0.3, 0.4) is 0 Å². The van der Waals surface area contributed by atoms with Gasteiger partial charge in [0.1, 0.15) is 6.67 Å². The average molecular weight is 382 g/mol. The molecule has 2 aromatic rings. The van der Waals surface area contributed by atoms with Crippen LogP contribution in [0.25, 0.3) is 11.3 Å². The highest BCUT2D eigenvalue weighted by Crippen LogP contribution is 2.19. The Morgan fingerprint density at radius 3 is 2.54 bits per heavy atom. The highest BCUT2D eigenvalue weighted by Gasteiger charge is 2.07. The number of nitrogens with zero attached hydrogens (tertiary/aromatic N) is 4. The van der Waals surface area contributed by atoms with Crippen molar-refractivity contribution >= 4 is 13.1 Å². The van der Waals surface area contributed by atoms with Crippen LogP contribution in [0.15, 0.2) is 52.6 Å². The topological polar surface area (TPSA) is 62.0 Å². The first kappa shape index (κ1) is 21.6. The van der Waals surface area contributed by atoms with Gasteiger partial charge in [0.2, 0.25) is 6.41 Å². The van der Waals surface area contributed by atoms with E-state index in [0.717, 1.165) is 30.9 Å². The number of amides is 1. The minimum Gasteiger partial charge on any atom is -0.339 e. The van der Waals surface area contributed by atoms with Crippen LogP contribution in [-0.4, -0.2) is 42.5 Å². The van der Waals surface area contributed by atoms with E-state index in [0.29, 0.717) is 11.9 Å². The van der Waals surface area contributed by atoms with Crippen LogP contribution in [0.1, 0.15) is 38.7 Å². The maximum atomic E-state index is 10.4. The molecule has 1 N–H and O–H groups in total. The van der Waals surface area contributed by atoms with Crippen LogP contribution in [0.2, 0.25) is 0 Å². The van der Waals surface area contributed by atoms with E-state index in [1.807, 2.05) is 18.2 Å². The van der Waals surface area contributed by atoms with Crippen molar-refractivity contribution in [1.29, 1.82) is 0 Å². The van der Waals surface area contributed by atoms with Crippen molar-refractivity contribution in [2.75, 3.05) is 19.8 Å². The molecule has 28 heavy (non-hydrogen) atoms. The number of aromatic nitrogens is 1. The molecule has 0 radical (unpaired) electrons. The standard InChI is InChI=1S/C22H31N5O/c1-4-6-15-26(14-5-2)16-19-10-12-20(13-11-19)21-8-7-9-22(27(21)23-3)25-17-24-18-28/h7-13,18H,3-6,14-17H2,1-2H3,(H,24,28). The number of unbranched alkanes of at least 4 members (excludes halogenated alkanes) is 1. The van der Waals surface area contributed by atoms with Gasteiger partial charge in [0.25, 0.3) is 0 Å². The number of carbonyl (C=O) groups excluding carboxylic acids is 1. The summed E-state index contributed by atoms with van der Waals surface area (Å²) in [6, 6.07) is 14.3. The lowest BCUT2D eigenvalue weighted by atomic mass is 10.1. The van der Waals surface area contributed by atoms with E-state index in [2.05, 4.69) is 65.1 Å². The van der Waals surface area contributed by atoms with Crippen molar-refractivity contribution in [3.63, 3.8) is 0 Å². The number of rotatable bonds is 12. The molecule has 1 heterocycles. The number of nitrogens with one attached hydrogen (secondary N) is 1. The van der Waals surface area contributed by atoms with Crippen LogP contribution in [0.4, 0.5) is 0 Å². The maximum absolute atomic E-state index is 10.4. The predicted molar refractivity (Wildman–Crippen MR) is 115 cm³/mol. The quantitative estimate of drug-likeness (QED) is 0.349. The van der Waals surface area contributed by atoms with E-state index >= 15 is 0 Å². The second kappa shape index (κ2) is 11.9. The molecular weight excluding hydrogens is 350 g/mol. The van der Waals surface area contributed by atoms with Crippen molar-refractivity contribution in [3.05, 3.63) is 53.5 Å². The van der Waals surface area contributed by atoms with Gasteiger partial charge in [-0.05, 0) is 43.6 Å². The molecule has 0 aliphatic carbocycles. The second-order valence-electron chi connectivity index (χ2n) is 6.69. The fraction of sp³-hybridized carbons (Fsp3) is 0.409. The van der Waals surface area contributed by atoms with Gasteiger partial charge >= 0.3 is 0 Å². The van der Waals surface area contributed by atoms with Crippen LogP contribution in [0.5, 0.6) is 0 Å². The lowest BCUT2D eigenvalue weighted by molar-refractivity contribution is -0.109. The van der Waals surface area contributed by atoms with Gasteiger partial charge in [0.15, 0.2) is 5.49 Å². The molecule has 0 unspecified atom stereocenters. The average Bonchev–Trinajstić information content (AvgIpc) is 2.72. The molecule has 6 heteroatoms. The summed E-state index contributed by atoms with van der Waals surface area (Å²) >= 11 is 0. The third-order valence-electron chi connectivity index (χ3n) is 4.53. The van der Waals surface area contributed by atoms with Crippen LogP contribution in [0, 0.1) is 0 Å². The molecule has 150 valence electrons. The Labute approximate surface area is 167 Å². The fourth-order valence-electron chi connectivity index (χ4n) is 3.15. The highest BCUT2D eigenvalue weighted by molar-refractivity contribution is 5.60. The molecule has 0 spiro atoms. The summed E-state index contributed by atoms with van der Waals surface area (Å²) in [5.74, 6) is 0. The normalized spacial score (nSPS) is 11.6. The third-order valence-corrected chi connectivity index (χ3v) is 4.53. The number of benzene rings is 1. The molecule has 0 atom stereocenters. The molecule has 1 aromatic heterocycles. The summed E-state index contributed by atoms with van der Waals surface area (Å²) in [6.45, 7) is 11.6. The minimum atomic E-state index is 0.201. The lowest BCUT2D eigenvalue weighted by Crippen LogP contribution is -2.25. The van der Waals surface area contributed by atoms with Gasteiger partial charge in [-0.25, -0.2) is 9.67 Å². The minimum absolute atomic E-state index is 0.201. The van der Waals surface area contributed by atoms with Crippen molar-refractivity contribution in [2.45, 2.75) is 39.7 Å². The molecule has 1 aromatic carbocycles. The second-order valence-corrected chi connectivity index (χ2v) is 6.69. The van der Waals surface area contributed by atoms with E-state index in [9.17, 15) is 4.79 Å². The van der Waals surface area contributed by atoms with E-state index in [1.54, 1.807) is 4.68 Å². The predicted octanol–water partition coefficient (Wildman–Crippen LogP) is 3.24. The molecule has 0 saturated heterocycles. The lowest BCUT2D eigenvalue weighted by Gasteiger charge is -2.21. The Morgan fingerprint density at radius 1 is 1.11 bits per heavy atom. The van der Waals surface area contributed by atoms with Gasteiger partial charge in [-0.2, -0.15) is 5.10 Å². The van der Waals surface area contributed by atoms with Gasteiger partial charge in [0.05, 0.1) is 5.69 Å². The Morgan fingerprint density at radius 2 is 1.89 bits per heavy atom. The van der Waals surface area contributed by atoms with Gasteiger partial charge in [-0.15, -0.1) is 0 Å². The third kappa shape index (κ3) is 6.16. The molecule has 0 aliphatic heterocycles. The number of pyridine rings is 1. The smallest absolute Gasteiger partial charge is 0.208 e. The van der Waals surface area contributed by atoms with Gasteiger partial charge in [-0.3, -0.25) is 9.69 Å². The highest BCUT2D eigenvalue weighted by atomic mass is 16.1. The first-order valence-electron chi connectivity index (χ1n) is 9.91. The van der Waals surface area contributed by atoms with Gasteiger partial charge in [-0.1, -0.05) is 50.6 Å². The molecule has 0 bridgehead atoms. The first-order chi connectivity index (χ1) is 13.7. The van der Waals surface area contributed by atoms with Crippen LogP contribution in [-0.2, 0) is 11.3 Å². The monoisotopic (exact) mass is 381 g/mol. The fourth-order valence-corrected chi connectivity index (χ4v) is 3.15. The zero-order valence-corrected chi connectivity index (χ0v) is 17.0. The number of hydrogen-bond acceptors (Lipinski definition) is 4. The summed E-state index contributed by atoms with van der Waals surface area (Å²) in [5, 5.41) is 6.63. The Balaban J connectivity index is 2.23. The Bertz CT molecular complexity index is 810. The molecule has 0 aliphatic rings. The van der Waals surface area contributed by atoms with E-state index < -0.39 is 0 Å². The zero-order valence-electron chi connectivity index (χ0n) is 17.0. The van der Waals surface area contributed by atoms with Crippen molar-refractivity contribution < 1.29 is 4.79 Å². The summed E-state index contributed by atoms with van der Waals surface area (Å²) in [7, 11) is 0. The van der Waals surface area contributed by atoms with E-state index in [4.69, 9.17) is 0 Å². The van der Waals surface area contributed by atoms with Crippen molar-refractivity contribution in [3.8, 4) is 11.3 Å². The molecule has 6 nitrogen and oxygen atoms in total. The van der Waals surface area contributed by atoms with Crippen LogP contribution >= 0.6 is 0 Å². The SMILES string of the molecule is C=Nn1c(-c2ccc(CN(CCC)CCCC)cc2)cccc1=NCNC=O. The Hall–Kier alpha value is -2.73. The summed E-state index contributed by atoms with van der Waals surface area (Å²) in [5.41, 5.74) is 3.90. The summed E-state index contributed by atoms with van der Waals surface area (Å²) in [4.78, 5) is 17.3. The molecule has 2 rings (SSSR count). The molecule has 1 amide bonds. The van der Waals surface area contributed by atoms with E-state index in [1.165, 1.54) is 24.8 Å². The zero-order chi connectivity index (χ0) is 20.2. The largest absolute Gasteiger partial charge is 0.339 e.